The molecule has 4 heteroatoms. The number of aliphatic hydroxyl groups excluding tert-OH is 2. The summed E-state index contributed by atoms with van der Waals surface area (Å²) in [5, 5.41) is 31.7. The Morgan fingerprint density at radius 1 is 1.37 bits per heavy atom. The highest BCUT2D eigenvalue weighted by Gasteiger charge is 2.65. The van der Waals surface area contributed by atoms with Gasteiger partial charge < -0.3 is 15.3 Å². The summed E-state index contributed by atoms with van der Waals surface area (Å²) < 4.78 is 0. The summed E-state index contributed by atoms with van der Waals surface area (Å²) in [7, 11) is 0. The van der Waals surface area contributed by atoms with Gasteiger partial charge in [-0.15, -0.1) is 0 Å². The van der Waals surface area contributed by atoms with E-state index in [1.807, 2.05) is 13.8 Å². The summed E-state index contributed by atoms with van der Waals surface area (Å²) in [6.07, 6.45) is 0.291. The molecule has 0 aliphatic heterocycles. The number of fused-ring (bicyclic) bond motifs is 1. The lowest BCUT2D eigenvalue weighted by molar-refractivity contribution is -0.143. The molecule has 2 aliphatic rings. The van der Waals surface area contributed by atoms with Crippen LogP contribution in [0.3, 0.4) is 0 Å². The molecule has 2 aliphatic carbocycles. The molecule has 0 spiro atoms. The number of rotatable bonds is 1. The normalized spacial score (nSPS) is 47.1. The van der Waals surface area contributed by atoms with Crippen molar-refractivity contribution in [3.63, 3.8) is 0 Å². The Morgan fingerprint density at radius 3 is 2.47 bits per heavy atom. The Hall–Kier alpha value is -0.710. The van der Waals surface area contributed by atoms with Crippen LogP contribution in [0.5, 0.6) is 0 Å². The fourth-order valence-electron chi connectivity index (χ4n) is 3.91. The van der Waals surface area contributed by atoms with Gasteiger partial charge in [0, 0.05) is 12.3 Å². The fourth-order valence-corrected chi connectivity index (χ4v) is 3.91. The minimum atomic E-state index is -1.21. The first-order chi connectivity index (χ1) is 8.64. The van der Waals surface area contributed by atoms with Crippen molar-refractivity contribution in [2.45, 2.75) is 58.3 Å². The SMILES string of the molecule is CC1=CC(=O)[C@@]2(C)[C@H](O)C[C@@](O)(C(C)C)[C@@H]2[C@@H](O)C1. The number of aliphatic hydroxyl groups is 3. The van der Waals surface area contributed by atoms with Gasteiger partial charge in [-0.1, -0.05) is 19.4 Å². The van der Waals surface area contributed by atoms with Crippen molar-refractivity contribution < 1.29 is 20.1 Å². The Kier molecular flexibility index (Phi) is 3.40. The van der Waals surface area contributed by atoms with E-state index in [9.17, 15) is 20.1 Å². The zero-order valence-electron chi connectivity index (χ0n) is 12.1. The molecule has 4 nitrogen and oxygen atoms in total. The Labute approximate surface area is 114 Å². The van der Waals surface area contributed by atoms with Crippen molar-refractivity contribution in [3.05, 3.63) is 11.6 Å². The van der Waals surface area contributed by atoms with Crippen LogP contribution in [-0.4, -0.2) is 38.9 Å². The van der Waals surface area contributed by atoms with E-state index in [1.54, 1.807) is 13.8 Å². The molecule has 0 aromatic carbocycles. The highest BCUT2D eigenvalue weighted by Crippen LogP contribution is 2.56. The second kappa shape index (κ2) is 4.40. The van der Waals surface area contributed by atoms with Gasteiger partial charge in [-0.3, -0.25) is 4.79 Å². The summed E-state index contributed by atoms with van der Waals surface area (Å²) >= 11 is 0. The van der Waals surface area contributed by atoms with Crippen LogP contribution in [0.15, 0.2) is 11.6 Å². The number of hydrogen-bond donors (Lipinski definition) is 3. The molecule has 0 saturated heterocycles. The lowest BCUT2D eigenvalue weighted by Crippen LogP contribution is -2.51. The van der Waals surface area contributed by atoms with E-state index in [4.69, 9.17) is 0 Å². The summed E-state index contributed by atoms with van der Waals surface area (Å²) in [5.74, 6) is -0.943. The van der Waals surface area contributed by atoms with Crippen LogP contribution < -0.4 is 0 Å². The minimum absolute atomic E-state index is 0.130. The lowest BCUT2D eigenvalue weighted by Gasteiger charge is -2.41. The first-order valence-electron chi connectivity index (χ1n) is 6.94. The van der Waals surface area contributed by atoms with Gasteiger partial charge in [0.1, 0.15) is 0 Å². The van der Waals surface area contributed by atoms with Gasteiger partial charge in [0.25, 0.3) is 0 Å². The first-order valence-corrected chi connectivity index (χ1v) is 6.94. The molecule has 5 atom stereocenters. The van der Waals surface area contributed by atoms with Crippen LogP contribution >= 0.6 is 0 Å². The van der Waals surface area contributed by atoms with Gasteiger partial charge in [-0.05, 0) is 32.3 Å². The van der Waals surface area contributed by atoms with E-state index >= 15 is 0 Å². The molecular formula is C15H24O4. The standard InChI is InChI=1S/C15H24O4/c1-8(2)15(19)7-12(18)14(4)11(17)6-9(3)5-10(16)13(14)15/h6,8,10,12-13,16,18-19H,5,7H2,1-4H3/t10-,12+,13+,14-,15+/m0/s1. The second-order valence-electron chi connectivity index (χ2n) is 6.75. The molecule has 0 heterocycles. The van der Waals surface area contributed by atoms with E-state index in [0.29, 0.717) is 6.42 Å². The predicted octanol–water partition coefficient (Wildman–Crippen LogP) is 1.04. The second-order valence-corrected chi connectivity index (χ2v) is 6.75. The number of allylic oxidation sites excluding steroid dienone is 1. The van der Waals surface area contributed by atoms with Crippen LogP contribution in [-0.2, 0) is 4.79 Å². The number of carbonyl (C=O) groups excluding carboxylic acids is 1. The van der Waals surface area contributed by atoms with E-state index < -0.39 is 29.1 Å². The molecule has 1 fully saturated rings. The highest BCUT2D eigenvalue weighted by atomic mass is 16.3. The average Bonchev–Trinajstić information content (AvgIpc) is 2.42. The number of carbonyl (C=O) groups is 1. The van der Waals surface area contributed by atoms with Crippen molar-refractivity contribution in [1.29, 1.82) is 0 Å². The Morgan fingerprint density at radius 2 is 1.95 bits per heavy atom. The van der Waals surface area contributed by atoms with Crippen molar-refractivity contribution in [1.82, 2.24) is 0 Å². The molecule has 0 unspecified atom stereocenters. The molecule has 0 bridgehead atoms. The monoisotopic (exact) mass is 268 g/mol. The molecule has 0 aromatic heterocycles. The van der Waals surface area contributed by atoms with E-state index in [1.165, 1.54) is 6.08 Å². The van der Waals surface area contributed by atoms with Gasteiger partial charge in [-0.2, -0.15) is 0 Å². The van der Waals surface area contributed by atoms with Gasteiger partial charge >= 0.3 is 0 Å². The maximum absolute atomic E-state index is 12.4. The fraction of sp³-hybridized carbons (Fsp3) is 0.800. The molecule has 0 radical (unpaired) electrons. The first kappa shape index (κ1) is 14.7. The van der Waals surface area contributed by atoms with Crippen molar-refractivity contribution in [2.24, 2.45) is 17.3 Å². The largest absolute Gasteiger partial charge is 0.392 e. The van der Waals surface area contributed by atoms with E-state index in [0.717, 1.165) is 5.57 Å². The molecule has 0 aromatic rings. The van der Waals surface area contributed by atoms with Crippen LogP contribution in [0.25, 0.3) is 0 Å². The summed E-state index contributed by atoms with van der Waals surface area (Å²) in [6.45, 7) is 7.19. The molecule has 108 valence electrons. The molecule has 3 N–H and O–H groups in total. The maximum Gasteiger partial charge on any atom is 0.164 e. The summed E-state index contributed by atoms with van der Waals surface area (Å²) in [5.41, 5.74) is -1.51. The van der Waals surface area contributed by atoms with Crippen molar-refractivity contribution in [3.8, 4) is 0 Å². The van der Waals surface area contributed by atoms with Crippen molar-refractivity contribution in [2.75, 3.05) is 0 Å². The number of ketones is 1. The quantitative estimate of drug-likeness (QED) is 0.664. The van der Waals surface area contributed by atoms with Gasteiger partial charge in [0.15, 0.2) is 5.78 Å². The van der Waals surface area contributed by atoms with Crippen LogP contribution in [0.1, 0.15) is 40.5 Å². The molecule has 19 heavy (non-hydrogen) atoms. The van der Waals surface area contributed by atoms with Crippen LogP contribution in [0.2, 0.25) is 0 Å². The maximum atomic E-state index is 12.4. The minimum Gasteiger partial charge on any atom is -0.392 e. The smallest absolute Gasteiger partial charge is 0.164 e. The predicted molar refractivity (Wildman–Crippen MR) is 71.4 cm³/mol. The Balaban J connectivity index is 2.57. The third-order valence-corrected chi connectivity index (χ3v) is 5.22. The molecule has 1 saturated carbocycles. The average molecular weight is 268 g/mol. The topological polar surface area (TPSA) is 77.8 Å². The van der Waals surface area contributed by atoms with E-state index in [-0.39, 0.29) is 18.1 Å². The van der Waals surface area contributed by atoms with Crippen LogP contribution in [0, 0.1) is 17.3 Å². The molecular weight excluding hydrogens is 244 g/mol. The van der Waals surface area contributed by atoms with Gasteiger partial charge in [-0.25, -0.2) is 0 Å². The van der Waals surface area contributed by atoms with Gasteiger partial charge in [0.2, 0.25) is 0 Å². The van der Waals surface area contributed by atoms with Gasteiger partial charge in [0.05, 0.1) is 23.2 Å². The van der Waals surface area contributed by atoms with E-state index in [2.05, 4.69) is 0 Å². The zero-order valence-corrected chi connectivity index (χ0v) is 12.1. The molecule has 0 amide bonds. The third kappa shape index (κ3) is 1.89. The van der Waals surface area contributed by atoms with Crippen LogP contribution in [0.4, 0.5) is 0 Å². The Bertz CT molecular complexity index is 428. The van der Waals surface area contributed by atoms with Crippen molar-refractivity contribution >= 4 is 5.78 Å². The number of hydrogen-bond acceptors (Lipinski definition) is 4. The zero-order chi connectivity index (χ0) is 14.6. The third-order valence-electron chi connectivity index (χ3n) is 5.22. The highest BCUT2D eigenvalue weighted by molar-refractivity contribution is 5.96. The molecule has 2 rings (SSSR count). The lowest BCUT2D eigenvalue weighted by atomic mass is 9.67. The summed E-state index contributed by atoms with van der Waals surface area (Å²) in [4.78, 5) is 12.4. The summed E-state index contributed by atoms with van der Waals surface area (Å²) in [6, 6.07) is 0.